The van der Waals surface area contributed by atoms with Crippen molar-refractivity contribution in [2.75, 3.05) is 7.05 Å². The van der Waals surface area contributed by atoms with Crippen molar-refractivity contribution < 1.29 is 13.1 Å². The van der Waals surface area contributed by atoms with Gasteiger partial charge in [0.1, 0.15) is 9.73 Å². The fourth-order valence-electron chi connectivity index (χ4n) is 5.15. The van der Waals surface area contributed by atoms with Crippen LogP contribution in [0, 0.1) is 11.8 Å². The minimum absolute atomic E-state index is 0.00834. The van der Waals surface area contributed by atoms with Crippen LogP contribution in [0.5, 0.6) is 0 Å². The predicted octanol–water partition coefficient (Wildman–Crippen LogP) is 11.0. The molecule has 0 amide bonds. The molecule has 7 heteroatoms. The van der Waals surface area contributed by atoms with Crippen LogP contribution in [-0.4, -0.2) is 40.1 Å². The fourth-order valence-corrected chi connectivity index (χ4v) is 11.4. The van der Waals surface area contributed by atoms with Gasteiger partial charge in [0.15, 0.2) is 16.6 Å². The van der Waals surface area contributed by atoms with E-state index in [2.05, 4.69) is 100 Å². The first-order valence-electron chi connectivity index (χ1n) is 16.1. The summed E-state index contributed by atoms with van der Waals surface area (Å²) in [6.45, 7) is 28.7. The zero-order valence-electron chi connectivity index (χ0n) is 29.0. The summed E-state index contributed by atoms with van der Waals surface area (Å²) in [5.74, 6) is 0.278. The summed E-state index contributed by atoms with van der Waals surface area (Å²) in [5.41, 5.74) is 0. The van der Waals surface area contributed by atoms with E-state index in [0.717, 1.165) is 47.2 Å². The molecule has 0 heterocycles. The fraction of sp³-hybridized carbons (Fsp3) is 0.657. The van der Waals surface area contributed by atoms with E-state index in [4.69, 9.17) is 13.2 Å². The highest BCUT2D eigenvalue weighted by Gasteiger charge is 2.42. The van der Waals surface area contributed by atoms with E-state index in [1.165, 1.54) is 0 Å². The predicted molar refractivity (Wildman–Crippen MR) is 191 cm³/mol. The zero-order chi connectivity index (χ0) is 32.2. The van der Waals surface area contributed by atoms with E-state index < -0.39 is 26.4 Å². The Hall–Kier alpha value is -1.26. The second-order valence-electron chi connectivity index (χ2n) is 13.4. The summed E-state index contributed by atoms with van der Waals surface area (Å²) in [6.07, 6.45) is 10.7. The Balaban J connectivity index is 4.10. The number of benzene rings is 1. The van der Waals surface area contributed by atoms with Crippen LogP contribution < -0.4 is 0 Å². The van der Waals surface area contributed by atoms with Crippen LogP contribution in [0.3, 0.4) is 0 Å². The van der Waals surface area contributed by atoms with Crippen molar-refractivity contribution in [3.63, 3.8) is 0 Å². The van der Waals surface area contributed by atoms with Crippen molar-refractivity contribution in [1.29, 1.82) is 0 Å². The number of hydrogen-bond donors (Lipinski definition) is 0. The average Bonchev–Trinajstić information content (AvgIpc) is 2.95. The maximum absolute atomic E-state index is 15.3. The summed E-state index contributed by atoms with van der Waals surface area (Å²) >= 11 is 0. The molecule has 0 saturated heterocycles. The Kier molecular flexibility index (Phi) is 16.0. The second-order valence-corrected chi connectivity index (χ2v) is 25.2. The summed E-state index contributed by atoms with van der Waals surface area (Å²) in [6, 6.07) is 13.0. The molecular formula is C35H63NO3SSi2. The van der Waals surface area contributed by atoms with Crippen molar-refractivity contribution in [2.45, 2.75) is 135 Å². The van der Waals surface area contributed by atoms with Crippen molar-refractivity contribution in [3.8, 4) is 0 Å². The standard InChI is InChI=1S/C35H63NO3SSi2/c1-14-19-21-27-33(38-41(12,13)35(8,9)10)34(40(37,36-11)30-25-22-20-23-26-30)28-31(29(6)7)32(24-15-2)39-42(16-3,17-4)18-5/h14-15,20,22-26,28-29,31-33H,1,16-19,21,27H2,2-13H3/b24-15+,34-28+/t31-,32-,33-,40?/m0/s1. The Morgan fingerprint density at radius 2 is 1.62 bits per heavy atom. The number of nitrogens with zero attached hydrogens (tertiary/aromatic N) is 1. The highest BCUT2D eigenvalue weighted by Crippen LogP contribution is 2.41. The first-order valence-corrected chi connectivity index (χ1v) is 23.1. The molecule has 240 valence electrons. The summed E-state index contributed by atoms with van der Waals surface area (Å²) in [7, 11) is -5.41. The molecule has 1 rings (SSSR count). The minimum Gasteiger partial charge on any atom is -0.410 e. The molecule has 0 aromatic heterocycles. The summed E-state index contributed by atoms with van der Waals surface area (Å²) in [4.78, 5) is 1.54. The molecule has 0 saturated carbocycles. The number of hydrogen-bond acceptors (Lipinski definition) is 4. The third-order valence-electron chi connectivity index (χ3n) is 9.28. The molecule has 0 aliphatic heterocycles. The smallest absolute Gasteiger partial charge is 0.192 e. The highest BCUT2D eigenvalue weighted by atomic mass is 32.2. The lowest BCUT2D eigenvalue weighted by atomic mass is 9.89. The lowest BCUT2D eigenvalue weighted by molar-refractivity contribution is 0.158. The largest absolute Gasteiger partial charge is 0.410 e. The van der Waals surface area contributed by atoms with Gasteiger partial charge in [0, 0.05) is 13.0 Å². The lowest BCUT2D eigenvalue weighted by Crippen LogP contribution is -2.45. The summed E-state index contributed by atoms with van der Waals surface area (Å²) < 4.78 is 34.4. The molecule has 0 radical (unpaired) electrons. The van der Waals surface area contributed by atoms with Gasteiger partial charge in [0.05, 0.1) is 22.0 Å². The Bertz CT molecular complexity index is 1120. The van der Waals surface area contributed by atoms with E-state index in [1.807, 2.05) is 36.4 Å². The van der Waals surface area contributed by atoms with Gasteiger partial charge in [-0.1, -0.05) is 97.9 Å². The molecule has 0 bridgehead atoms. The molecule has 42 heavy (non-hydrogen) atoms. The van der Waals surface area contributed by atoms with Crippen LogP contribution in [0.2, 0.25) is 36.3 Å². The Labute approximate surface area is 262 Å². The van der Waals surface area contributed by atoms with Crippen LogP contribution in [0.1, 0.15) is 81.6 Å². The quantitative estimate of drug-likeness (QED) is 0.0918. The van der Waals surface area contributed by atoms with E-state index >= 15 is 4.21 Å². The molecule has 1 aromatic carbocycles. The number of allylic oxidation sites excluding steroid dienone is 2. The van der Waals surface area contributed by atoms with Crippen LogP contribution in [0.25, 0.3) is 0 Å². The molecule has 0 spiro atoms. The molecule has 4 nitrogen and oxygen atoms in total. The van der Waals surface area contributed by atoms with Gasteiger partial charge in [0.25, 0.3) is 0 Å². The maximum Gasteiger partial charge on any atom is 0.192 e. The van der Waals surface area contributed by atoms with E-state index in [-0.39, 0.29) is 29.1 Å². The first kappa shape index (κ1) is 38.8. The van der Waals surface area contributed by atoms with Crippen LogP contribution in [-0.2, 0) is 18.6 Å². The number of rotatable bonds is 18. The van der Waals surface area contributed by atoms with Crippen molar-refractivity contribution in [2.24, 2.45) is 16.2 Å². The van der Waals surface area contributed by atoms with Gasteiger partial charge in [-0.25, -0.2) is 8.57 Å². The van der Waals surface area contributed by atoms with Gasteiger partial charge in [0.2, 0.25) is 0 Å². The van der Waals surface area contributed by atoms with Crippen LogP contribution in [0.15, 0.2) is 75.4 Å². The van der Waals surface area contributed by atoms with E-state index in [1.54, 1.807) is 7.05 Å². The molecule has 1 unspecified atom stereocenters. The molecule has 0 aliphatic rings. The molecule has 0 aliphatic carbocycles. The zero-order valence-corrected chi connectivity index (χ0v) is 31.9. The summed E-state index contributed by atoms with van der Waals surface area (Å²) in [5, 5.41) is 0.00834. The van der Waals surface area contributed by atoms with E-state index in [0.29, 0.717) is 0 Å². The van der Waals surface area contributed by atoms with Gasteiger partial charge >= 0.3 is 0 Å². The van der Waals surface area contributed by atoms with Crippen molar-refractivity contribution in [1.82, 2.24) is 0 Å². The molecule has 0 N–H and O–H groups in total. The third-order valence-corrected chi connectivity index (χ3v) is 20.9. The normalized spacial score (nSPS) is 17.2. The second kappa shape index (κ2) is 17.3. The molecule has 0 fully saturated rings. The lowest BCUT2D eigenvalue weighted by Gasteiger charge is -2.41. The topological polar surface area (TPSA) is 47.9 Å². The number of unbranched alkanes of at least 4 members (excludes halogenated alkanes) is 1. The third kappa shape index (κ3) is 10.1. The monoisotopic (exact) mass is 633 g/mol. The first-order chi connectivity index (χ1) is 19.6. The maximum atomic E-state index is 15.3. The Morgan fingerprint density at radius 1 is 1.05 bits per heavy atom. The SMILES string of the molecule is C=CCCC[C@H](O[Si](C)(C)C(C)(C)C)/C(=C\[C@@H](C(C)C)[C@H](/C=C/C)O[Si](CC)(CC)CC)S(=O)(=NC)c1ccccc1. The average molecular weight is 634 g/mol. The van der Waals surface area contributed by atoms with Crippen molar-refractivity contribution >= 4 is 26.4 Å². The van der Waals surface area contributed by atoms with Gasteiger partial charge in [-0.15, -0.1) is 6.58 Å². The van der Waals surface area contributed by atoms with Gasteiger partial charge < -0.3 is 8.85 Å². The Morgan fingerprint density at radius 3 is 2.05 bits per heavy atom. The van der Waals surface area contributed by atoms with Crippen LogP contribution >= 0.6 is 0 Å². The van der Waals surface area contributed by atoms with Gasteiger partial charge in [-0.3, -0.25) is 0 Å². The molecular weight excluding hydrogens is 571 g/mol. The van der Waals surface area contributed by atoms with E-state index in [9.17, 15) is 0 Å². The molecule has 4 atom stereocenters. The van der Waals surface area contributed by atoms with Gasteiger partial charge in [-0.2, -0.15) is 0 Å². The minimum atomic E-state index is -2.95. The van der Waals surface area contributed by atoms with Gasteiger partial charge in [-0.05, 0) is 80.5 Å². The molecule has 1 aromatic rings. The van der Waals surface area contributed by atoms with Crippen LogP contribution in [0.4, 0.5) is 0 Å². The highest BCUT2D eigenvalue weighted by molar-refractivity contribution is 7.97. The van der Waals surface area contributed by atoms with Crippen molar-refractivity contribution in [3.05, 3.63) is 66.1 Å².